The molecule has 1 unspecified atom stereocenters. The van der Waals surface area contributed by atoms with E-state index < -0.39 is 11.9 Å². The lowest BCUT2D eigenvalue weighted by Gasteiger charge is -2.29. The zero-order chi connectivity index (χ0) is 21.4. The van der Waals surface area contributed by atoms with Crippen molar-refractivity contribution < 1.29 is 19.2 Å². The number of carbonyl (C=O) groups is 4. The average molecular weight is 426 g/mol. The minimum absolute atomic E-state index is 0.200. The Morgan fingerprint density at radius 2 is 2.00 bits per heavy atom. The van der Waals surface area contributed by atoms with Crippen molar-refractivity contribution in [2.75, 3.05) is 0 Å². The maximum Gasteiger partial charge on any atom is 0.255 e. The summed E-state index contributed by atoms with van der Waals surface area (Å²) in [4.78, 5) is 50.4. The molecule has 2 N–H and O–H groups in total. The van der Waals surface area contributed by atoms with Gasteiger partial charge in [0.15, 0.2) is 0 Å². The highest BCUT2D eigenvalue weighted by molar-refractivity contribution is 6.30. The maximum atomic E-state index is 12.7. The first-order valence-corrected chi connectivity index (χ1v) is 10.0. The van der Waals surface area contributed by atoms with Gasteiger partial charge in [-0.1, -0.05) is 23.7 Å². The summed E-state index contributed by atoms with van der Waals surface area (Å²) in [5.41, 5.74) is 2.48. The van der Waals surface area contributed by atoms with Crippen molar-refractivity contribution in [3.63, 3.8) is 0 Å². The third-order valence-electron chi connectivity index (χ3n) is 5.48. The van der Waals surface area contributed by atoms with Crippen LogP contribution in [-0.2, 0) is 16.1 Å². The molecule has 0 bridgehead atoms. The molecule has 0 radical (unpaired) electrons. The highest BCUT2D eigenvalue weighted by Crippen LogP contribution is 2.28. The summed E-state index contributed by atoms with van der Waals surface area (Å²) in [5.74, 6) is -1.31. The standard InChI is InChI=1S/C22H20ClN3O4/c1-12(13-3-2-4-16(23)10-13)24-20(28)14-5-6-17-15(9-14)11-26(22(17)30)18-7-8-19(27)25-21(18)29/h2-6,9-10,12,18H,7-8,11H2,1H3,(H,24,28)(H,25,27,29)/t12-,18?/m0/s1. The van der Waals surface area contributed by atoms with Crippen molar-refractivity contribution in [3.05, 3.63) is 69.7 Å². The minimum Gasteiger partial charge on any atom is -0.346 e. The van der Waals surface area contributed by atoms with Crippen LogP contribution in [0.15, 0.2) is 42.5 Å². The molecule has 0 saturated carbocycles. The number of halogens is 1. The molecular formula is C22H20ClN3O4. The first-order valence-electron chi connectivity index (χ1n) is 9.67. The van der Waals surface area contributed by atoms with Crippen LogP contribution in [0.1, 0.15) is 57.7 Å². The van der Waals surface area contributed by atoms with Crippen LogP contribution in [0.4, 0.5) is 0 Å². The number of fused-ring (bicyclic) bond motifs is 1. The Morgan fingerprint density at radius 1 is 1.20 bits per heavy atom. The van der Waals surface area contributed by atoms with Gasteiger partial charge >= 0.3 is 0 Å². The zero-order valence-corrected chi connectivity index (χ0v) is 17.0. The monoisotopic (exact) mass is 425 g/mol. The van der Waals surface area contributed by atoms with Crippen molar-refractivity contribution in [2.24, 2.45) is 0 Å². The van der Waals surface area contributed by atoms with Gasteiger partial charge in [0, 0.05) is 29.1 Å². The number of benzene rings is 2. The Hall–Kier alpha value is -3.19. The highest BCUT2D eigenvalue weighted by Gasteiger charge is 2.39. The smallest absolute Gasteiger partial charge is 0.255 e. The van der Waals surface area contributed by atoms with Crippen LogP contribution in [0.25, 0.3) is 0 Å². The van der Waals surface area contributed by atoms with Gasteiger partial charge in [-0.05, 0) is 54.8 Å². The average Bonchev–Trinajstić information content (AvgIpc) is 3.03. The molecule has 154 valence electrons. The van der Waals surface area contributed by atoms with Crippen LogP contribution in [-0.4, -0.2) is 34.6 Å². The predicted octanol–water partition coefficient (Wildman–Crippen LogP) is 2.59. The van der Waals surface area contributed by atoms with E-state index in [9.17, 15) is 19.2 Å². The number of hydrogen-bond donors (Lipinski definition) is 2. The van der Waals surface area contributed by atoms with Gasteiger partial charge in [0.25, 0.3) is 11.8 Å². The third kappa shape index (κ3) is 3.80. The molecule has 0 aliphatic carbocycles. The fraction of sp³-hybridized carbons (Fsp3) is 0.273. The second-order valence-electron chi connectivity index (χ2n) is 7.52. The lowest BCUT2D eigenvalue weighted by atomic mass is 10.0. The number of nitrogens with one attached hydrogen (secondary N) is 2. The Bertz CT molecular complexity index is 1070. The summed E-state index contributed by atoms with van der Waals surface area (Å²) in [6.45, 7) is 2.09. The topological polar surface area (TPSA) is 95.6 Å². The number of rotatable bonds is 4. The number of imide groups is 1. The van der Waals surface area contributed by atoms with Gasteiger partial charge in [0.2, 0.25) is 11.8 Å². The molecule has 4 amide bonds. The van der Waals surface area contributed by atoms with Crippen LogP contribution in [0.3, 0.4) is 0 Å². The second-order valence-corrected chi connectivity index (χ2v) is 7.96. The molecule has 2 heterocycles. The number of amides is 4. The van der Waals surface area contributed by atoms with Gasteiger partial charge in [0.05, 0.1) is 6.04 Å². The molecule has 2 aromatic rings. The van der Waals surface area contributed by atoms with E-state index in [0.717, 1.165) is 5.56 Å². The Balaban J connectivity index is 1.49. The van der Waals surface area contributed by atoms with Gasteiger partial charge in [-0.2, -0.15) is 0 Å². The summed E-state index contributed by atoms with van der Waals surface area (Å²) >= 11 is 6.02. The molecule has 4 rings (SSSR count). The van der Waals surface area contributed by atoms with E-state index in [-0.39, 0.29) is 36.7 Å². The molecule has 0 aromatic heterocycles. The maximum absolute atomic E-state index is 12.7. The van der Waals surface area contributed by atoms with Crippen LogP contribution in [0.5, 0.6) is 0 Å². The first-order chi connectivity index (χ1) is 14.3. The minimum atomic E-state index is -0.678. The molecule has 8 heteroatoms. The quantitative estimate of drug-likeness (QED) is 0.736. The van der Waals surface area contributed by atoms with E-state index in [1.807, 2.05) is 19.1 Å². The SMILES string of the molecule is C[C@H](NC(=O)c1ccc2c(c1)CN(C1CCC(=O)NC1=O)C2=O)c1cccc(Cl)c1. The molecule has 2 atom stereocenters. The zero-order valence-electron chi connectivity index (χ0n) is 16.3. The van der Waals surface area contributed by atoms with E-state index in [1.54, 1.807) is 30.3 Å². The van der Waals surface area contributed by atoms with Crippen molar-refractivity contribution >= 4 is 35.2 Å². The Kier molecular flexibility index (Phi) is 5.30. The summed E-state index contributed by atoms with van der Waals surface area (Å²) < 4.78 is 0. The van der Waals surface area contributed by atoms with Crippen LogP contribution < -0.4 is 10.6 Å². The molecule has 1 fully saturated rings. The van der Waals surface area contributed by atoms with E-state index in [1.165, 1.54) is 4.90 Å². The summed E-state index contributed by atoms with van der Waals surface area (Å²) in [5, 5.41) is 5.81. The fourth-order valence-corrected chi connectivity index (χ4v) is 4.05. The van der Waals surface area contributed by atoms with Gasteiger partial charge in [-0.15, -0.1) is 0 Å². The van der Waals surface area contributed by atoms with E-state index in [4.69, 9.17) is 11.6 Å². The van der Waals surface area contributed by atoms with Crippen LogP contribution >= 0.6 is 11.6 Å². The Labute approximate surface area is 178 Å². The molecule has 1 saturated heterocycles. The van der Waals surface area contributed by atoms with E-state index in [0.29, 0.717) is 28.1 Å². The third-order valence-corrected chi connectivity index (χ3v) is 5.72. The van der Waals surface area contributed by atoms with E-state index >= 15 is 0 Å². The van der Waals surface area contributed by atoms with Crippen molar-refractivity contribution in [1.29, 1.82) is 0 Å². The summed E-state index contributed by atoms with van der Waals surface area (Å²) in [7, 11) is 0. The van der Waals surface area contributed by atoms with Gasteiger partial charge in [-0.3, -0.25) is 24.5 Å². The number of hydrogen-bond acceptors (Lipinski definition) is 4. The lowest BCUT2D eigenvalue weighted by Crippen LogP contribution is -2.52. The normalized spacial score (nSPS) is 19.3. The van der Waals surface area contributed by atoms with Gasteiger partial charge in [-0.25, -0.2) is 0 Å². The molecule has 2 aromatic carbocycles. The van der Waals surface area contributed by atoms with Crippen LogP contribution in [0, 0.1) is 0 Å². The van der Waals surface area contributed by atoms with Crippen molar-refractivity contribution in [3.8, 4) is 0 Å². The Morgan fingerprint density at radius 3 is 2.73 bits per heavy atom. The molecule has 30 heavy (non-hydrogen) atoms. The summed E-state index contributed by atoms with van der Waals surface area (Å²) in [6.07, 6.45) is 0.500. The highest BCUT2D eigenvalue weighted by atomic mass is 35.5. The molecule has 0 spiro atoms. The predicted molar refractivity (Wildman–Crippen MR) is 110 cm³/mol. The number of nitrogens with zero attached hydrogens (tertiary/aromatic N) is 1. The fourth-order valence-electron chi connectivity index (χ4n) is 3.85. The molecule has 2 aliphatic heterocycles. The van der Waals surface area contributed by atoms with Gasteiger partial charge in [0.1, 0.15) is 6.04 Å². The lowest BCUT2D eigenvalue weighted by molar-refractivity contribution is -0.136. The summed E-state index contributed by atoms with van der Waals surface area (Å²) in [6, 6.07) is 11.2. The molecular weight excluding hydrogens is 406 g/mol. The molecule has 2 aliphatic rings. The van der Waals surface area contributed by atoms with Gasteiger partial charge < -0.3 is 10.2 Å². The number of carbonyl (C=O) groups excluding carboxylic acids is 4. The largest absolute Gasteiger partial charge is 0.346 e. The van der Waals surface area contributed by atoms with E-state index in [2.05, 4.69) is 10.6 Å². The van der Waals surface area contributed by atoms with Crippen molar-refractivity contribution in [1.82, 2.24) is 15.5 Å². The molecule has 7 nitrogen and oxygen atoms in total. The second kappa shape index (κ2) is 7.91. The van der Waals surface area contributed by atoms with Crippen molar-refractivity contribution in [2.45, 2.75) is 38.4 Å². The first kappa shape index (κ1) is 20.1. The number of piperidine rings is 1. The van der Waals surface area contributed by atoms with Crippen LogP contribution in [0.2, 0.25) is 5.02 Å².